The summed E-state index contributed by atoms with van der Waals surface area (Å²) in [5.74, 6) is 0.296. The second-order valence-corrected chi connectivity index (χ2v) is 7.43. The second kappa shape index (κ2) is 6.49. The molecule has 0 saturated carbocycles. The van der Waals surface area contributed by atoms with Crippen molar-refractivity contribution in [1.82, 2.24) is 8.61 Å². The lowest BCUT2D eigenvalue weighted by atomic mass is 10.0. The van der Waals surface area contributed by atoms with E-state index in [0.717, 1.165) is 19.3 Å². The Labute approximate surface area is 116 Å². The summed E-state index contributed by atoms with van der Waals surface area (Å²) in [4.78, 5) is 0. The molecule has 0 aromatic heterocycles. The number of rotatable bonds is 3. The summed E-state index contributed by atoms with van der Waals surface area (Å²) >= 11 is 0. The molecule has 0 aromatic carbocycles. The molecular formula is C12H25N3O3S. The topological polar surface area (TPSA) is 75.9 Å². The van der Waals surface area contributed by atoms with Gasteiger partial charge in [0.15, 0.2) is 0 Å². The number of hydrogen-bond donors (Lipinski definition) is 1. The predicted octanol–water partition coefficient (Wildman–Crippen LogP) is 0.0127. The van der Waals surface area contributed by atoms with Crippen molar-refractivity contribution in [3.63, 3.8) is 0 Å². The number of nitrogens with zero attached hydrogens (tertiary/aromatic N) is 2. The molecule has 2 aliphatic heterocycles. The van der Waals surface area contributed by atoms with Crippen molar-refractivity contribution in [2.75, 3.05) is 39.3 Å². The molecule has 0 bridgehead atoms. The molecule has 0 radical (unpaired) electrons. The average molecular weight is 291 g/mol. The van der Waals surface area contributed by atoms with Crippen LogP contribution in [0, 0.1) is 5.92 Å². The van der Waals surface area contributed by atoms with Crippen molar-refractivity contribution in [2.45, 2.75) is 32.3 Å². The largest absolute Gasteiger partial charge is 0.377 e. The number of ether oxygens (including phenoxy) is 1. The third kappa shape index (κ3) is 3.66. The zero-order valence-electron chi connectivity index (χ0n) is 11.6. The van der Waals surface area contributed by atoms with Crippen LogP contribution in [0.4, 0.5) is 0 Å². The monoisotopic (exact) mass is 291 g/mol. The van der Waals surface area contributed by atoms with Gasteiger partial charge < -0.3 is 10.5 Å². The van der Waals surface area contributed by atoms with Crippen LogP contribution in [0.3, 0.4) is 0 Å². The Balaban J connectivity index is 2.07. The molecule has 0 aliphatic carbocycles. The molecule has 6 nitrogen and oxygen atoms in total. The zero-order valence-corrected chi connectivity index (χ0v) is 12.4. The summed E-state index contributed by atoms with van der Waals surface area (Å²) in [6.45, 7) is 5.30. The Kier molecular flexibility index (Phi) is 5.19. The lowest BCUT2D eigenvalue weighted by molar-refractivity contribution is 0.0745. The Bertz CT molecular complexity index is 388. The molecule has 0 spiro atoms. The molecule has 2 heterocycles. The lowest BCUT2D eigenvalue weighted by Crippen LogP contribution is -2.50. The Hall–Kier alpha value is -0.210. The molecule has 2 N–H and O–H groups in total. The molecule has 7 heteroatoms. The third-order valence-electron chi connectivity index (χ3n) is 3.88. The molecule has 2 saturated heterocycles. The minimum absolute atomic E-state index is 0.0348. The molecule has 0 amide bonds. The molecular weight excluding hydrogens is 266 g/mol. The summed E-state index contributed by atoms with van der Waals surface area (Å²) in [7, 11) is -3.35. The van der Waals surface area contributed by atoms with E-state index < -0.39 is 10.2 Å². The molecule has 2 fully saturated rings. The number of piperidine rings is 1. The maximum Gasteiger partial charge on any atom is 0.282 e. The van der Waals surface area contributed by atoms with Crippen molar-refractivity contribution >= 4 is 10.2 Å². The van der Waals surface area contributed by atoms with Gasteiger partial charge in [0.25, 0.3) is 10.2 Å². The normalized spacial score (nSPS) is 32.1. The van der Waals surface area contributed by atoms with E-state index in [1.807, 2.05) is 6.92 Å². The van der Waals surface area contributed by atoms with Gasteiger partial charge in [0.1, 0.15) is 0 Å². The first kappa shape index (κ1) is 15.2. The van der Waals surface area contributed by atoms with E-state index in [9.17, 15) is 8.42 Å². The van der Waals surface area contributed by atoms with Crippen LogP contribution < -0.4 is 5.73 Å². The molecule has 112 valence electrons. The molecule has 19 heavy (non-hydrogen) atoms. The van der Waals surface area contributed by atoms with Gasteiger partial charge in [-0.25, -0.2) is 0 Å². The van der Waals surface area contributed by atoms with E-state index in [4.69, 9.17) is 10.5 Å². The van der Waals surface area contributed by atoms with Crippen molar-refractivity contribution in [2.24, 2.45) is 11.7 Å². The standard InChI is InChI=1S/C12H25N3O3S/c1-11-9-14(6-3-7-18-11)19(16,17)15-5-2-4-12(8-13)10-15/h11-12H,2-10,13H2,1H3. The summed E-state index contributed by atoms with van der Waals surface area (Å²) in [5.41, 5.74) is 5.68. The van der Waals surface area contributed by atoms with Gasteiger partial charge in [-0.1, -0.05) is 0 Å². The fraction of sp³-hybridized carbons (Fsp3) is 1.00. The minimum Gasteiger partial charge on any atom is -0.377 e. The first-order chi connectivity index (χ1) is 9.04. The van der Waals surface area contributed by atoms with Gasteiger partial charge in [-0.2, -0.15) is 17.0 Å². The summed E-state index contributed by atoms with van der Waals surface area (Å²) < 4.78 is 34.0. The third-order valence-corrected chi connectivity index (χ3v) is 5.85. The Morgan fingerprint density at radius 3 is 2.63 bits per heavy atom. The van der Waals surface area contributed by atoms with Crippen LogP contribution in [0.15, 0.2) is 0 Å². The minimum atomic E-state index is -3.35. The Morgan fingerprint density at radius 2 is 1.89 bits per heavy atom. The first-order valence-electron chi connectivity index (χ1n) is 7.11. The van der Waals surface area contributed by atoms with E-state index in [-0.39, 0.29) is 6.10 Å². The maximum atomic E-state index is 12.7. The number of hydrogen-bond acceptors (Lipinski definition) is 4. The van der Waals surface area contributed by atoms with Crippen LogP contribution in [0.1, 0.15) is 26.2 Å². The lowest BCUT2D eigenvalue weighted by Gasteiger charge is -2.35. The van der Waals surface area contributed by atoms with Crippen LogP contribution in [-0.4, -0.2) is 62.5 Å². The average Bonchev–Trinajstić information content (AvgIpc) is 2.64. The van der Waals surface area contributed by atoms with Gasteiger partial charge in [-0.05, 0) is 38.6 Å². The second-order valence-electron chi connectivity index (χ2n) is 5.50. The quantitative estimate of drug-likeness (QED) is 0.795. The smallest absolute Gasteiger partial charge is 0.282 e. The van der Waals surface area contributed by atoms with Gasteiger partial charge in [0.05, 0.1) is 6.10 Å². The van der Waals surface area contributed by atoms with Crippen molar-refractivity contribution in [1.29, 1.82) is 0 Å². The summed E-state index contributed by atoms with van der Waals surface area (Å²) in [6.07, 6.45) is 2.66. The predicted molar refractivity (Wildman–Crippen MR) is 73.9 cm³/mol. The summed E-state index contributed by atoms with van der Waals surface area (Å²) in [5, 5.41) is 0. The van der Waals surface area contributed by atoms with Crippen LogP contribution in [0.5, 0.6) is 0 Å². The molecule has 2 unspecified atom stereocenters. The Morgan fingerprint density at radius 1 is 1.21 bits per heavy atom. The highest BCUT2D eigenvalue weighted by molar-refractivity contribution is 7.86. The molecule has 2 atom stereocenters. The molecule has 0 aromatic rings. The maximum absolute atomic E-state index is 12.7. The van der Waals surface area contributed by atoms with Crippen LogP contribution in [0.25, 0.3) is 0 Å². The van der Waals surface area contributed by atoms with Gasteiger partial charge >= 0.3 is 0 Å². The van der Waals surface area contributed by atoms with E-state index in [1.165, 1.54) is 0 Å². The highest BCUT2D eigenvalue weighted by Crippen LogP contribution is 2.21. The van der Waals surface area contributed by atoms with Crippen molar-refractivity contribution < 1.29 is 13.2 Å². The van der Waals surface area contributed by atoms with Gasteiger partial charge in [0.2, 0.25) is 0 Å². The fourth-order valence-electron chi connectivity index (χ4n) is 2.76. The molecule has 2 rings (SSSR count). The van der Waals surface area contributed by atoms with Gasteiger partial charge in [-0.15, -0.1) is 0 Å². The van der Waals surface area contributed by atoms with Crippen LogP contribution >= 0.6 is 0 Å². The van der Waals surface area contributed by atoms with Crippen LogP contribution in [-0.2, 0) is 14.9 Å². The zero-order chi connectivity index (χ0) is 13.9. The van der Waals surface area contributed by atoms with Crippen molar-refractivity contribution in [3.05, 3.63) is 0 Å². The van der Waals surface area contributed by atoms with Gasteiger partial charge in [-0.3, -0.25) is 0 Å². The van der Waals surface area contributed by atoms with E-state index in [2.05, 4.69) is 0 Å². The van der Waals surface area contributed by atoms with E-state index in [1.54, 1.807) is 8.61 Å². The highest BCUT2D eigenvalue weighted by atomic mass is 32.2. The van der Waals surface area contributed by atoms with Crippen molar-refractivity contribution in [3.8, 4) is 0 Å². The van der Waals surface area contributed by atoms with Crippen LogP contribution in [0.2, 0.25) is 0 Å². The SMILES string of the molecule is CC1CN(S(=O)(=O)N2CCCC(CN)C2)CCCO1. The fourth-order valence-corrected chi connectivity index (χ4v) is 4.60. The highest BCUT2D eigenvalue weighted by Gasteiger charge is 2.34. The number of nitrogens with two attached hydrogens (primary N) is 1. The van der Waals surface area contributed by atoms with Gasteiger partial charge in [0, 0.05) is 32.8 Å². The molecule has 2 aliphatic rings. The van der Waals surface area contributed by atoms with E-state index in [0.29, 0.717) is 45.2 Å². The summed E-state index contributed by atoms with van der Waals surface area (Å²) in [6, 6.07) is 0. The first-order valence-corrected chi connectivity index (χ1v) is 8.50. The van der Waals surface area contributed by atoms with E-state index >= 15 is 0 Å².